The van der Waals surface area contributed by atoms with Gasteiger partial charge in [0.05, 0.1) is 19.3 Å². The zero-order valence-electron chi connectivity index (χ0n) is 14.4. The van der Waals surface area contributed by atoms with Crippen LogP contribution in [-0.2, 0) is 0 Å². The molecule has 1 aromatic carbocycles. The molecule has 0 fully saturated rings. The summed E-state index contributed by atoms with van der Waals surface area (Å²) < 4.78 is 11.0. The average molecular weight is 307 g/mol. The van der Waals surface area contributed by atoms with Gasteiger partial charge < -0.3 is 14.8 Å². The smallest absolute Gasteiger partial charge is 0.166 e. The van der Waals surface area contributed by atoms with Crippen molar-refractivity contribution in [2.24, 2.45) is 5.92 Å². The molecule has 4 nitrogen and oxygen atoms in total. The fraction of sp³-hybridized carbons (Fsp3) is 0.611. The van der Waals surface area contributed by atoms with Crippen molar-refractivity contribution in [3.05, 3.63) is 23.8 Å². The molecule has 1 aromatic rings. The minimum atomic E-state index is 0.118. The van der Waals surface area contributed by atoms with E-state index < -0.39 is 0 Å². The predicted molar refractivity (Wildman–Crippen MR) is 90.0 cm³/mol. The van der Waals surface area contributed by atoms with Crippen molar-refractivity contribution >= 4 is 5.78 Å². The fourth-order valence-corrected chi connectivity index (χ4v) is 2.11. The van der Waals surface area contributed by atoms with Gasteiger partial charge in [-0.3, -0.25) is 4.79 Å². The second-order valence-corrected chi connectivity index (χ2v) is 6.19. The molecule has 0 unspecified atom stereocenters. The van der Waals surface area contributed by atoms with Crippen LogP contribution in [0.25, 0.3) is 0 Å². The standard InChI is InChI=1S/C18H29NO3/c1-13(2)11-17(20)16-8-7-15(21-5)12-18(16)22-10-6-9-19-14(3)4/h7-8,12-14,19H,6,9-11H2,1-5H3. The molecule has 1 N–H and O–H groups in total. The summed E-state index contributed by atoms with van der Waals surface area (Å²) in [6.07, 6.45) is 1.42. The van der Waals surface area contributed by atoms with E-state index in [2.05, 4.69) is 19.2 Å². The summed E-state index contributed by atoms with van der Waals surface area (Å²) in [5.41, 5.74) is 0.645. The maximum absolute atomic E-state index is 12.3. The minimum absolute atomic E-state index is 0.118. The van der Waals surface area contributed by atoms with E-state index in [9.17, 15) is 4.79 Å². The number of nitrogens with one attached hydrogen (secondary N) is 1. The third-order valence-electron chi connectivity index (χ3n) is 3.21. The summed E-state index contributed by atoms with van der Waals surface area (Å²) in [4.78, 5) is 12.3. The molecule has 0 aliphatic heterocycles. The predicted octanol–water partition coefficient (Wildman–Crippen LogP) is 3.69. The summed E-state index contributed by atoms with van der Waals surface area (Å²) in [5.74, 6) is 1.77. The second-order valence-electron chi connectivity index (χ2n) is 6.19. The van der Waals surface area contributed by atoms with Crippen molar-refractivity contribution in [2.45, 2.75) is 46.6 Å². The Morgan fingerprint density at radius 2 is 1.95 bits per heavy atom. The molecule has 4 heteroatoms. The van der Waals surface area contributed by atoms with Crippen LogP contribution in [0, 0.1) is 5.92 Å². The van der Waals surface area contributed by atoms with Crippen LogP contribution < -0.4 is 14.8 Å². The van der Waals surface area contributed by atoms with E-state index in [0.717, 1.165) is 13.0 Å². The number of Topliss-reactive ketones (excluding diaryl/α,β-unsaturated/α-hetero) is 1. The van der Waals surface area contributed by atoms with Crippen molar-refractivity contribution in [3.63, 3.8) is 0 Å². The SMILES string of the molecule is COc1ccc(C(=O)CC(C)C)c(OCCCNC(C)C)c1. The van der Waals surface area contributed by atoms with Crippen molar-refractivity contribution in [2.75, 3.05) is 20.3 Å². The number of ether oxygens (including phenoxy) is 2. The number of rotatable bonds is 10. The van der Waals surface area contributed by atoms with Crippen LogP contribution in [0.5, 0.6) is 11.5 Å². The number of hydrogen-bond donors (Lipinski definition) is 1. The van der Waals surface area contributed by atoms with Gasteiger partial charge in [-0.05, 0) is 31.0 Å². The molecular weight excluding hydrogens is 278 g/mol. The van der Waals surface area contributed by atoms with Gasteiger partial charge in [0, 0.05) is 18.5 Å². The molecule has 0 saturated carbocycles. The van der Waals surface area contributed by atoms with E-state index in [1.165, 1.54) is 0 Å². The fourth-order valence-electron chi connectivity index (χ4n) is 2.11. The van der Waals surface area contributed by atoms with E-state index in [0.29, 0.717) is 42.0 Å². The Balaban J connectivity index is 2.70. The molecule has 22 heavy (non-hydrogen) atoms. The van der Waals surface area contributed by atoms with Crippen LogP contribution in [0.2, 0.25) is 0 Å². The third kappa shape index (κ3) is 6.48. The first-order chi connectivity index (χ1) is 10.4. The first kappa shape index (κ1) is 18.5. The summed E-state index contributed by atoms with van der Waals surface area (Å²) >= 11 is 0. The molecule has 0 spiro atoms. The molecule has 1 rings (SSSR count). The Labute approximate surface area is 134 Å². The number of carbonyl (C=O) groups excluding carboxylic acids is 1. The second kappa shape index (κ2) is 9.46. The molecule has 124 valence electrons. The van der Waals surface area contributed by atoms with Gasteiger partial charge in [0.15, 0.2) is 5.78 Å². The van der Waals surface area contributed by atoms with Gasteiger partial charge >= 0.3 is 0 Å². The van der Waals surface area contributed by atoms with Crippen LogP contribution in [0.4, 0.5) is 0 Å². The van der Waals surface area contributed by atoms with Crippen LogP contribution in [0.3, 0.4) is 0 Å². The molecule has 0 aromatic heterocycles. The molecule has 0 aliphatic rings. The van der Waals surface area contributed by atoms with Crippen molar-refractivity contribution in [1.29, 1.82) is 0 Å². The Morgan fingerprint density at radius 3 is 2.55 bits per heavy atom. The van der Waals surface area contributed by atoms with Gasteiger partial charge in [-0.25, -0.2) is 0 Å². The molecule has 0 saturated heterocycles. The lowest BCUT2D eigenvalue weighted by molar-refractivity contribution is 0.0963. The highest BCUT2D eigenvalue weighted by atomic mass is 16.5. The van der Waals surface area contributed by atoms with Crippen molar-refractivity contribution < 1.29 is 14.3 Å². The lowest BCUT2D eigenvalue weighted by Gasteiger charge is -2.14. The number of hydrogen-bond acceptors (Lipinski definition) is 4. The maximum Gasteiger partial charge on any atom is 0.166 e. The van der Waals surface area contributed by atoms with Gasteiger partial charge in [0.1, 0.15) is 11.5 Å². The van der Waals surface area contributed by atoms with Crippen molar-refractivity contribution in [3.8, 4) is 11.5 Å². The van der Waals surface area contributed by atoms with Gasteiger partial charge in [-0.15, -0.1) is 0 Å². The summed E-state index contributed by atoms with van der Waals surface area (Å²) in [5, 5.41) is 3.35. The normalized spacial score (nSPS) is 11.0. The molecular formula is C18H29NO3. The van der Waals surface area contributed by atoms with Crippen LogP contribution in [0.1, 0.15) is 50.9 Å². The Bertz CT molecular complexity index is 469. The summed E-state index contributed by atoms with van der Waals surface area (Å²) in [6.45, 7) is 9.79. The Morgan fingerprint density at radius 1 is 1.23 bits per heavy atom. The first-order valence-corrected chi connectivity index (χ1v) is 8.01. The molecule has 0 bridgehead atoms. The summed E-state index contributed by atoms with van der Waals surface area (Å²) in [6, 6.07) is 5.87. The quantitative estimate of drug-likeness (QED) is 0.529. The highest BCUT2D eigenvalue weighted by Crippen LogP contribution is 2.27. The maximum atomic E-state index is 12.3. The first-order valence-electron chi connectivity index (χ1n) is 8.01. The summed E-state index contributed by atoms with van der Waals surface area (Å²) in [7, 11) is 1.61. The van der Waals surface area contributed by atoms with Crippen LogP contribution in [0.15, 0.2) is 18.2 Å². The Kier molecular flexibility index (Phi) is 7.96. The van der Waals surface area contributed by atoms with Gasteiger partial charge in [0.25, 0.3) is 0 Å². The number of methoxy groups -OCH3 is 1. The highest BCUT2D eigenvalue weighted by Gasteiger charge is 2.15. The monoisotopic (exact) mass is 307 g/mol. The van der Waals surface area contributed by atoms with E-state index in [1.807, 2.05) is 13.8 Å². The van der Waals surface area contributed by atoms with E-state index >= 15 is 0 Å². The van der Waals surface area contributed by atoms with E-state index in [1.54, 1.807) is 25.3 Å². The number of ketones is 1. The van der Waals surface area contributed by atoms with E-state index in [4.69, 9.17) is 9.47 Å². The van der Waals surface area contributed by atoms with Crippen LogP contribution in [-0.4, -0.2) is 32.1 Å². The number of benzene rings is 1. The zero-order chi connectivity index (χ0) is 16.5. The van der Waals surface area contributed by atoms with E-state index in [-0.39, 0.29) is 5.78 Å². The molecule has 0 radical (unpaired) electrons. The molecule has 0 aliphatic carbocycles. The van der Waals surface area contributed by atoms with Crippen molar-refractivity contribution in [1.82, 2.24) is 5.32 Å². The highest BCUT2D eigenvalue weighted by molar-refractivity contribution is 5.99. The van der Waals surface area contributed by atoms with Crippen LogP contribution >= 0.6 is 0 Å². The number of carbonyl (C=O) groups is 1. The van der Waals surface area contributed by atoms with Gasteiger partial charge in [-0.2, -0.15) is 0 Å². The van der Waals surface area contributed by atoms with Gasteiger partial charge in [0.2, 0.25) is 0 Å². The lowest BCUT2D eigenvalue weighted by Crippen LogP contribution is -2.24. The molecule has 0 amide bonds. The average Bonchev–Trinajstić information content (AvgIpc) is 2.45. The third-order valence-corrected chi connectivity index (χ3v) is 3.21. The largest absolute Gasteiger partial charge is 0.497 e. The Hall–Kier alpha value is -1.55. The molecule has 0 atom stereocenters. The zero-order valence-corrected chi connectivity index (χ0v) is 14.4. The lowest BCUT2D eigenvalue weighted by atomic mass is 10.0. The van der Waals surface area contributed by atoms with Gasteiger partial charge in [-0.1, -0.05) is 27.7 Å². The minimum Gasteiger partial charge on any atom is -0.497 e. The topological polar surface area (TPSA) is 47.6 Å². The molecule has 0 heterocycles.